The van der Waals surface area contributed by atoms with Crippen LogP contribution in [0.2, 0.25) is 0 Å². The standard InChI is InChI=1S/C17H33N3O/c1-4-6-10-15-17(21)20(16(18-15)9-5-2)14(3)13-19-11-7-8-12-19/h14-16,18H,4-13H2,1-3H3. The molecule has 2 aliphatic rings. The fraction of sp³-hybridized carbons (Fsp3) is 0.941. The van der Waals surface area contributed by atoms with E-state index >= 15 is 0 Å². The number of likely N-dealkylation sites (tertiary alicyclic amines) is 1. The molecule has 2 fully saturated rings. The summed E-state index contributed by atoms with van der Waals surface area (Å²) in [7, 11) is 0. The summed E-state index contributed by atoms with van der Waals surface area (Å²) in [6.07, 6.45) is 8.36. The van der Waals surface area contributed by atoms with Crippen molar-refractivity contribution in [2.24, 2.45) is 0 Å². The molecule has 0 aliphatic carbocycles. The first-order valence-electron chi connectivity index (χ1n) is 8.98. The molecule has 122 valence electrons. The van der Waals surface area contributed by atoms with Gasteiger partial charge in [-0.15, -0.1) is 0 Å². The quantitative estimate of drug-likeness (QED) is 0.747. The van der Waals surface area contributed by atoms with E-state index in [2.05, 4.69) is 35.9 Å². The first-order chi connectivity index (χ1) is 10.2. The monoisotopic (exact) mass is 295 g/mol. The smallest absolute Gasteiger partial charge is 0.241 e. The van der Waals surface area contributed by atoms with Crippen molar-refractivity contribution in [1.29, 1.82) is 0 Å². The van der Waals surface area contributed by atoms with Crippen LogP contribution in [-0.2, 0) is 4.79 Å². The number of carbonyl (C=O) groups is 1. The summed E-state index contributed by atoms with van der Waals surface area (Å²) in [6.45, 7) is 10.1. The minimum atomic E-state index is 0.0579. The first-order valence-corrected chi connectivity index (χ1v) is 8.98. The molecule has 0 bridgehead atoms. The van der Waals surface area contributed by atoms with Gasteiger partial charge in [0.15, 0.2) is 0 Å². The third kappa shape index (κ3) is 4.19. The predicted octanol–water partition coefficient (Wildman–Crippen LogP) is 2.59. The van der Waals surface area contributed by atoms with Crippen molar-refractivity contribution < 1.29 is 4.79 Å². The molecule has 3 atom stereocenters. The van der Waals surface area contributed by atoms with Crippen molar-refractivity contribution in [3.63, 3.8) is 0 Å². The van der Waals surface area contributed by atoms with Crippen LogP contribution >= 0.6 is 0 Å². The van der Waals surface area contributed by atoms with E-state index in [0.717, 1.165) is 38.6 Å². The summed E-state index contributed by atoms with van der Waals surface area (Å²) < 4.78 is 0. The van der Waals surface area contributed by atoms with E-state index in [9.17, 15) is 4.79 Å². The Morgan fingerprint density at radius 1 is 1.19 bits per heavy atom. The normalized spacial score (nSPS) is 28.5. The number of amides is 1. The van der Waals surface area contributed by atoms with E-state index in [0.29, 0.717) is 11.9 Å². The largest absolute Gasteiger partial charge is 0.322 e. The van der Waals surface area contributed by atoms with Gasteiger partial charge in [0, 0.05) is 12.6 Å². The molecule has 3 unspecified atom stereocenters. The van der Waals surface area contributed by atoms with Crippen molar-refractivity contribution >= 4 is 5.91 Å². The molecule has 2 aliphatic heterocycles. The molecule has 21 heavy (non-hydrogen) atoms. The van der Waals surface area contributed by atoms with Crippen LogP contribution in [0.25, 0.3) is 0 Å². The van der Waals surface area contributed by atoms with Crippen molar-refractivity contribution in [2.75, 3.05) is 19.6 Å². The molecule has 4 heteroatoms. The van der Waals surface area contributed by atoms with Crippen molar-refractivity contribution in [3.05, 3.63) is 0 Å². The van der Waals surface area contributed by atoms with Gasteiger partial charge in [0.05, 0.1) is 12.2 Å². The highest BCUT2D eigenvalue weighted by Gasteiger charge is 2.40. The Hall–Kier alpha value is -0.610. The lowest BCUT2D eigenvalue weighted by molar-refractivity contribution is -0.132. The lowest BCUT2D eigenvalue weighted by Gasteiger charge is -2.33. The summed E-state index contributed by atoms with van der Waals surface area (Å²) in [4.78, 5) is 17.4. The van der Waals surface area contributed by atoms with E-state index in [-0.39, 0.29) is 12.2 Å². The van der Waals surface area contributed by atoms with Crippen LogP contribution in [0, 0.1) is 0 Å². The second-order valence-corrected chi connectivity index (χ2v) is 6.77. The average molecular weight is 295 g/mol. The predicted molar refractivity (Wildman–Crippen MR) is 87.1 cm³/mol. The Balaban J connectivity index is 1.96. The Morgan fingerprint density at radius 2 is 1.90 bits per heavy atom. The highest BCUT2D eigenvalue weighted by atomic mass is 16.2. The molecule has 1 N–H and O–H groups in total. The Labute approximate surface area is 130 Å². The van der Waals surface area contributed by atoms with Gasteiger partial charge in [0.25, 0.3) is 0 Å². The zero-order valence-corrected chi connectivity index (χ0v) is 14.1. The van der Waals surface area contributed by atoms with Gasteiger partial charge < -0.3 is 9.80 Å². The fourth-order valence-electron chi connectivity index (χ4n) is 3.78. The van der Waals surface area contributed by atoms with Gasteiger partial charge in [-0.3, -0.25) is 10.1 Å². The number of nitrogens with zero attached hydrogens (tertiary/aromatic N) is 2. The molecule has 0 aromatic heterocycles. The Morgan fingerprint density at radius 3 is 2.52 bits per heavy atom. The summed E-state index contributed by atoms with van der Waals surface area (Å²) in [5, 5.41) is 3.59. The minimum Gasteiger partial charge on any atom is -0.322 e. The summed E-state index contributed by atoms with van der Waals surface area (Å²) in [5.41, 5.74) is 0. The molecular weight excluding hydrogens is 262 g/mol. The summed E-state index contributed by atoms with van der Waals surface area (Å²) in [6, 6.07) is 0.383. The zero-order valence-electron chi connectivity index (χ0n) is 14.1. The maximum absolute atomic E-state index is 12.8. The van der Waals surface area contributed by atoms with Gasteiger partial charge in [-0.25, -0.2) is 0 Å². The first kappa shape index (κ1) is 16.8. The third-order valence-corrected chi connectivity index (χ3v) is 4.89. The SMILES string of the molecule is CCCCC1NC(CCC)N(C(C)CN2CCCC2)C1=O. The number of hydrogen-bond donors (Lipinski definition) is 1. The molecule has 0 spiro atoms. The van der Waals surface area contributed by atoms with Crippen LogP contribution in [0.3, 0.4) is 0 Å². The zero-order chi connectivity index (χ0) is 15.2. The van der Waals surface area contributed by atoms with Gasteiger partial charge in [0.1, 0.15) is 0 Å². The lowest BCUT2D eigenvalue weighted by atomic mass is 10.1. The van der Waals surface area contributed by atoms with Crippen LogP contribution in [0.4, 0.5) is 0 Å². The molecule has 4 nitrogen and oxygen atoms in total. The molecule has 0 saturated carbocycles. The van der Waals surface area contributed by atoms with Gasteiger partial charge in [0.2, 0.25) is 5.91 Å². The number of unbranched alkanes of at least 4 members (excludes halogenated alkanes) is 1. The molecule has 1 amide bonds. The maximum Gasteiger partial charge on any atom is 0.241 e. The molecule has 0 aromatic carbocycles. The summed E-state index contributed by atoms with van der Waals surface area (Å²) in [5.74, 6) is 0.341. The summed E-state index contributed by atoms with van der Waals surface area (Å²) >= 11 is 0. The highest BCUT2D eigenvalue weighted by Crippen LogP contribution is 2.22. The second kappa shape index (κ2) is 8.14. The van der Waals surface area contributed by atoms with Crippen LogP contribution in [0.15, 0.2) is 0 Å². The Kier molecular flexibility index (Phi) is 6.49. The molecule has 2 rings (SSSR count). The lowest BCUT2D eigenvalue weighted by Crippen LogP contribution is -2.48. The van der Waals surface area contributed by atoms with E-state index in [1.807, 2.05) is 0 Å². The van der Waals surface area contributed by atoms with Crippen molar-refractivity contribution in [1.82, 2.24) is 15.1 Å². The minimum absolute atomic E-state index is 0.0579. The van der Waals surface area contributed by atoms with Crippen molar-refractivity contribution in [2.45, 2.75) is 84.0 Å². The third-order valence-electron chi connectivity index (χ3n) is 4.89. The van der Waals surface area contributed by atoms with E-state index in [1.165, 1.54) is 25.9 Å². The number of nitrogens with one attached hydrogen (secondary N) is 1. The highest BCUT2D eigenvalue weighted by molar-refractivity contribution is 5.84. The second-order valence-electron chi connectivity index (χ2n) is 6.77. The van der Waals surface area contributed by atoms with E-state index in [4.69, 9.17) is 0 Å². The molecule has 2 saturated heterocycles. The van der Waals surface area contributed by atoms with E-state index in [1.54, 1.807) is 0 Å². The number of rotatable bonds is 8. The number of carbonyl (C=O) groups excluding carboxylic acids is 1. The average Bonchev–Trinajstić information content (AvgIpc) is 3.05. The van der Waals surface area contributed by atoms with Gasteiger partial charge in [-0.2, -0.15) is 0 Å². The Bertz CT molecular complexity index is 328. The van der Waals surface area contributed by atoms with Crippen LogP contribution in [-0.4, -0.2) is 53.6 Å². The molecule has 2 heterocycles. The van der Waals surface area contributed by atoms with Gasteiger partial charge >= 0.3 is 0 Å². The van der Waals surface area contributed by atoms with Crippen LogP contribution < -0.4 is 5.32 Å². The van der Waals surface area contributed by atoms with Gasteiger partial charge in [-0.05, 0) is 45.7 Å². The van der Waals surface area contributed by atoms with Crippen molar-refractivity contribution in [3.8, 4) is 0 Å². The van der Waals surface area contributed by atoms with E-state index < -0.39 is 0 Å². The van der Waals surface area contributed by atoms with Gasteiger partial charge in [-0.1, -0.05) is 33.1 Å². The molecular formula is C17H33N3O. The topological polar surface area (TPSA) is 35.6 Å². The molecule has 0 aromatic rings. The van der Waals surface area contributed by atoms with Crippen LogP contribution in [0.5, 0.6) is 0 Å². The molecule has 0 radical (unpaired) electrons. The number of hydrogen-bond acceptors (Lipinski definition) is 3. The fourth-order valence-corrected chi connectivity index (χ4v) is 3.78. The van der Waals surface area contributed by atoms with Crippen LogP contribution in [0.1, 0.15) is 65.7 Å². The maximum atomic E-state index is 12.8.